The number of amides is 1. The van der Waals surface area contributed by atoms with Gasteiger partial charge >= 0.3 is 0 Å². The molecule has 0 radical (unpaired) electrons. The molecule has 3 unspecified atom stereocenters. The van der Waals surface area contributed by atoms with E-state index in [1.807, 2.05) is 0 Å². The van der Waals surface area contributed by atoms with Crippen molar-refractivity contribution >= 4 is 5.91 Å². The zero-order valence-electron chi connectivity index (χ0n) is 13.2. The first kappa shape index (κ1) is 14.5. The maximum absolute atomic E-state index is 12.5. The van der Waals surface area contributed by atoms with E-state index < -0.39 is 0 Å². The fourth-order valence-corrected chi connectivity index (χ4v) is 6.10. The van der Waals surface area contributed by atoms with Crippen LogP contribution in [-0.2, 0) is 4.79 Å². The molecule has 0 aromatic heterocycles. The number of nitriles is 1. The van der Waals surface area contributed by atoms with E-state index in [1.54, 1.807) is 4.90 Å². The van der Waals surface area contributed by atoms with Crippen molar-refractivity contribution in [3.8, 4) is 6.07 Å². The molecule has 22 heavy (non-hydrogen) atoms. The van der Waals surface area contributed by atoms with Crippen molar-refractivity contribution in [2.45, 2.75) is 68.5 Å². The summed E-state index contributed by atoms with van der Waals surface area (Å²) < 4.78 is 0. The molecule has 1 amide bonds. The molecule has 0 spiro atoms. The third kappa shape index (κ3) is 2.33. The number of nitrogens with zero attached hydrogens (tertiary/aromatic N) is 2. The van der Waals surface area contributed by atoms with E-state index in [2.05, 4.69) is 11.4 Å². The molecule has 1 aliphatic heterocycles. The van der Waals surface area contributed by atoms with E-state index in [1.165, 1.54) is 32.1 Å². The Morgan fingerprint density at radius 1 is 1.32 bits per heavy atom. The second-order valence-electron chi connectivity index (χ2n) is 8.33. The first-order valence-corrected chi connectivity index (χ1v) is 8.74. The number of rotatable bonds is 3. The zero-order valence-corrected chi connectivity index (χ0v) is 13.2. The molecule has 3 N–H and O–H groups in total. The summed E-state index contributed by atoms with van der Waals surface area (Å²) in [5, 5.41) is 12.7. The first-order valence-electron chi connectivity index (χ1n) is 8.74. The van der Waals surface area contributed by atoms with E-state index in [9.17, 15) is 4.79 Å². The lowest BCUT2D eigenvalue weighted by molar-refractivity contribution is -0.131. The number of hydrogen-bond acceptors (Lipinski definition) is 4. The highest BCUT2D eigenvalue weighted by Gasteiger charge is 2.56. The second-order valence-corrected chi connectivity index (χ2v) is 8.33. The van der Waals surface area contributed by atoms with Gasteiger partial charge in [0.2, 0.25) is 5.91 Å². The van der Waals surface area contributed by atoms with Crippen LogP contribution in [0.1, 0.15) is 51.4 Å². The molecule has 1 heterocycles. The highest BCUT2D eigenvalue weighted by atomic mass is 16.2. The largest absolute Gasteiger partial charge is 0.326 e. The maximum Gasteiger partial charge on any atom is 0.237 e. The summed E-state index contributed by atoms with van der Waals surface area (Å²) in [5.41, 5.74) is 6.68. The van der Waals surface area contributed by atoms with Crippen LogP contribution in [0, 0.1) is 23.2 Å². The van der Waals surface area contributed by atoms with Crippen molar-refractivity contribution in [1.29, 1.82) is 5.26 Å². The van der Waals surface area contributed by atoms with Gasteiger partial charge in [0.1, 0.15) is 6.04 Å². The van der Waals surface area contributed by atoms with Gasteiger partial charge in [0.05, 0.1) is 12.6 Å². The molecule has 0 aromatic rings. The van der Waals surface area contributed by atoms with Gasteiger partial charge in [0.25, 0.3) is 0 Å². The smallest absolute Gasteiger partial charge is 0.237 e. The van der Waals surface area contributed by atoms with E-state index >= 15 is 0 Å². The lowest BCUT2D eigenvalue weighted by atomic mass is 9.50. The van der Waals surface area contributed by atoms with Gasteiger partial charge in [-0.15, -0.1) is 0 Å². The topological polar surface area (TPSA) is 82.2 Å². The van der Waals surface area contributed by atoms with Crippen molar-refractivity contribution in [3.63, 3.8) is 0 Å². The van der Waals surface area contributed by atoms with Crippen molar-refractivity contribution in [1.82, 2.24) is 10.2 Å². The van der Waals surface area contributed by atoms with Crippen LogP contribution in [0.3, 0.4) is 0 Å². The molecule has 5 aliphatic rings. The van der Waals surface area contributed by atoms with Crippen LogP contribution in [0.4, 0.5) is 0 Å². The van der Waals surface area contributed by atoms with E-state index in [-0.39, 0.29) is 23.0 Å². The normalized spacial score (nSPS) is 46.0. The van der Waals surface area contributed by atoms with Gasteiger partial charge in [-0.25, -0.2) is 0 Å². The summed E-state index contributed by atoms with van der Waals surface area (Å²) in [6, 6.07) is 2.04. The molecule has 4 saturated carbocycles. The molecule has 5 atom stereocenters. The Morgan fingerprint density at radius 2 is 2.05 bits per heavy atom. The molecule has 5 fully saturated rings. The Labute approximate surface area is 132 Å². The minimum atomic E-state index is -0.216. The minimum absolute atomic E-state index is 0.00294. The highest BCUT2D eigenvalue weighted by molar-refractivity contribution is 5.79. The summed E-state index contributed by atoms with van der Waals surface area (Å²) in [6.07, 6.45) is 8.82. The Bertz CT molecular complexity index is 511. The number of nitrogens with one attached hydrogen (secondary N) is 1. The minimum Gasteiger partial charge on any atom is -0.326 e. The van der Waals surface area contributed by atoms with Gasteiger partial charge in [-0.1, -0.05) is 0 Å². The number of likely N-dealkylation sites (tertiary alicyclic amines) is 1. The third-order valence-electron chi connectivity index (χ3n) is 6.44. The summed E-state index contributed by atoms with van der Waals surface area (Å²) in [6.45, 7) is 1.10. The van der Waals surface area contributed by atoms with Crippen LogP contribution < -0.4 is 11.1 Å². The van der Waals surface area contributed by atoms with Crippen LogP contribution in [0.15, 0.2) is 0 Å². The van der Waals surface area contributed by atoms with Crippen LogP contribution in [0.25, 0.3) is 0 Å². The fourth-order valence-electron chi connectivity index (χ4n) is 6.10. The average molecular weight is 302 g/mol. The number of hydrogen-bond donors (Lipinski definition) is 2. The molecular formula is C17H26N4O. The Hall–Kier alpha value is -1.12. The highest BCUT2D eigenvalue weighted by Crippen LogP contribution is 2.56. The van der Waals surface area contributed by atoms with Gasteiger partial charge in [-0.2, -0.15) is 5.26 Å². The van der Waals surface area contributed by atoms with Gasteiger partial charge < -0.3 is 16.0 Å². The summed E-state index contributed by atoms with van der Waals surface area (Å²) in [5.74, 6) is 1.57. The van der Waals surface area contributed by atoms with E-state index in [0.717, 1.165) is 37.6 Å². The SMILES string of the molecule is N#C[C@@H]1CCCN1C(=O)CNC12CC3C[C@H](CC(N)(C3)C1)C2. The zero-order chi connectivity index (χ0) is 15.4. The molecule has 5 rings (SSSR count). The molecule has 5 nitrogen and oxygen atoms in total. The predicted molar refractivity (Wildman–Crippen MR) is 82.7 cm³/mol. The molecular weight excluding hydrogens is 276 g/mol. The van der Waals surface area contributed by atoms with Gasteiger partial charge in [0.15, 0.2) is 0 Å². The Balaban J connectivity index is 1.41. The second kappa shape index (κ2) is 4.94. The van der Waals surface area contributed by atoms with E-state index in [0.29, 0.717) is 6.54 Å². The first-order chi connectivity index (χ1) is 10.5. The lowest BCUT2D eigenvalue weighted by Crippen LogP contribution is -2.68. The monoisotopic (exact) mass is 302 g/mol. The van der Waals surface area contributed by atoms with Crippen LogP contribution in [0.2, 0.25) is 0 Å². The maximum atomic E-state index is 12.5. The van der Waals surface area contributed by atoms with Crippen molar-refractivity contribution in [3.05, 3.63) is 0 Å². The Kier molecular flexibility index (Phi) is 3.25. The van der Waals surface area contributed by atoms with Crippen molar-refractivity contribution in [2.75, 3.05) is 13.1 Å². The van der Waals surface area contributed by atoms with Crippen LogP contribution in [0.5, 0.6) is 0 Å². The number of nitrogens with two attached hydrogens (primary N) is 1. The summed E-state index contributed by atoms with van der Waals surface area (Å²) >= 11 is 0. The summed E-state index contributed by atoms with van der Waals surface area (Å²) in [7, 11) is 0. The Morgan fingerprint density at radius 3 is 2.68 bits per heavy atom. The molecule has 120 valence electrons. The van der Waals surface area contributed by atoms with Gasteiger partial charge in [0, 0.05) is 17.6 Å². The van der Waals surface area contributed by atoms with Crippen LogP contribution >= 0.6 is 0 Å². The van der Waals surface area contributed by atoms with Crippen molar-refractivity contribution < 1.29 is 4.79 Å². The van der Waals surface area contributed by atoms with Gasteiger partial charge in [-0.3, -0.25) is 4.79 Å². The molecule has 4 aliphatic carbocycles. The molecule has 4 bridgehead atoms. The van der Waals surface area contributed by atoms with Crippen LogP contribution in [-0.4, -0.2) is 41.0 Å². The molecule has 5 heteroatoms. The quantitative estimate of drug-likeness (QED) is 0.819. The fraction of sp³-hybridized carbons (Fsp3) is 0.882. The number of carbonyl (C=O) groups excluding carboxylic acids is 1. The summed E-state index contributed by atoms with van der Waals surface area (Å²) in [4.78, 5) is 14.2. The molecule has 1 saturated heterocycles. The van der Waals surface area contributed by atoms with Crippen molar-refractivity contribution in [2.24, 2.45) is 17.6 Å². The predicted octanol–water partition coefficient (Wildman–Crippen LogP) is 1.14. The average Bonchev–Trinajstić information content (AvgIpc) is 2.90. The molecule has 0 aromatic carbocycles. The lowest BCUT2D eigenvalue weighted by Gasteiger charge is -2.61. The van der Waals surface area contributed by atoms with Gasteiger partial charge in [-0.05, 0) is 63.2 Å². The van der Waals surface area contributed by atoms with E-state index in [4.69, 9.17) is 11.0 Å². The standard InChI is InChI=1S/C17H26N4O/c18-9-14-2-1-3-21(14)15(22)10-20-17-7-12-4-13(8-17)6-16(19,5-12)11-17/h12-14,20H,1-8,10-11,19H2/t12-,13?,14+,16?,17?/m1/s1. The number of carbonyl (C=O) groups is 1. The third-order valence-corrected chi connectivity index (χ3v) is 6.44.